The number of ether oxygens (including phenoxy) is 2. The normalized spacial score (nSPS) is 24.8. The van der Waals surface area contributed by atoms with Crippen LogP contribution in [0.3, 0.4) is 0 Å². The van der Waals surface area contributed by atoms with Gasteiger partial charge in [-0.2, -0.15) is 5.06 Å². The number of hydrogen-bond donors (Lipinski definition) is 0. The Morgan fingerprint density at radius 3 is 2.24 bits per heavy atom. The fraction of sp³-hybridized carbons (Fsp3) is 0.763. The van der Waals surface area contributed by atoms with Gasteiger partial charge in [-0.1, -0.05) is 91.1 Å². The summed E-state index contributed by atoms with van der Waals surface area (Å²) in [6.07, 6.45) is 5.40. The van der Waals surface area contributed by atoms with E-state index in [0.717, 1.165) is 31.2 Å². The number of Topliss-reactive ketones (excluding diaryl/α,β-unsaturated/α-hetero) is 1. The molecule has 8 nitrogen and oxygen atoms in total. The van der Waals surface area contributed by atoms with Gasteiger partial charge in [-0.15, -0.1) is 0 Å². The Kier molecular flexibility index (Phi) is 16.4. The summed E-state index contributed by atoms with van der Waals surface area (Å²) in [4.78, 5) is 49.8. The van der Waals surface area contributed by atoms with E-state index in [9.17, 15) is 14.4 Å². The van der Waals surface area contributed by atoms with Crippen molar-refractivity contribution in [1.29, 1.82) is 0 Å². The van der Waals surface area contributed by atoms with E-state index in [2.05, 4.69) is 39.8 Å². The minimum atomic E-state index is -1.04. The average molecular weight is 645 g/mol. The lowest BCUT2D eigenvalue weighted by Crippen LogP contribution is -2.67. The lowest BCUT2D eigenvalue weighted by Gasteiger charge is -2.56. The van der Waals surface area contributed by atoms with Crippen LogP contribution in [-0.4, -0.2) is 78.7 Å². The number of rotatable bonds is 20. The van der Waals surface area contributed by atoms with Gasteiger partial charge in [0.25, 0.3) is 0 Å². The standard InChI is InChI=1S/C38H64N2O6/c1-11-15-19-30(12-2)27-45-35(42)32(24-28(5)31-20-17-16-18-21-31)25-34(36(43)44-23-22-39(9)10)46-40-37(7,13-3)26-33(41)29(6)38(40,8)14-4/h16-18,20-21,28-30,32,34H,11-15,19,22-27H2,1-10H3. The van der Waals surface area contributed by atoms with Crippen molar-refractivity contribution in [2.24, 2.45) is 17.8 Å². The third kappa shape index (κ3) is 10.9. The Balaban J connectivity index is 2.48. The second-order valence-corrected chi connectivity index (χ2v) is 14.3. The van der Waals surface area contributed by atoms with Crippen molar-refractivity contribution in [3.8, 4) is 0 Å². The molecule has 46 heavy (non-hydrogen) atoms. The molecule has 0 radical (unpaired) electrons. The maximum Gasteiger partial charge on any atom is 0.337 e. The molecule has 0 aromatic heterocycles. The van der Waals surface area contributed by atoms with E-state index >= 15 is 0 Å². The molecule has 1 aromatic carbocycles. The molecule has 1 aliphatic rings. The van der Waals surface area contributed by atoms with Crippen molar-refractivity contribution >= 4 is 17.7 Å². The molecule has 8 heteroatoms. The smallest absolute Gasteiger partial charge is 0.337 e. The molecule has 1 fully saturated rings. The number of unbranched alkanes of at least 4 members (excludes halogenated alkanes) is 1. The summed E-state index contributed by atoms with van der Waals surface area (Å²) in [5.41, 5.74) is -0.123. The summed E-state index contributed by atoms with van der Waals surface area (Å²) in [7, 11) is 3.85. The number of hydroxylamine groups is 2. The Morgan fingerprint density at radius 2 is 1.67 bits per heavy atom. The van der Waals surface area contributed by atoms with Gasteiger partial charge in [-0.3, -0.25) is 14.4 Å². The highest BCUT2D eigenvalue weighted by atomic mass is 16.7. The molecular weight excluding hydrogens is 580 g/mol. The van der Waals surface area contributed by atoms with Crippen LogP contribution in [0.4, 0.5) is 0 Å². The second-order valence-electron chi connectivity index (χ2n) is 14.3. The van der Waals surface area contributed by atoms with Gasteiger partial charge < -0.3 is 14.4 Å². The summed E-state index contributed by atoms with van der Waals surface area (Å²) >= 11 is 0. The first-order valence-electron chi connectivity index (χ1n) is 17.8. The molecule has 2 rings (SSSR count). The van der Waals surface area contributed by atoms with Crippen molar-refractivity contribution in [2.45, 2.75) is 136 Å². The van der Waals surface area contributed by atoms with E-state index in [1.807, 2.05) is 70.0 Å². The number of benzene rings is 1. The lowest BCUT2D eigenvalue weighted by molar-refractivity contribution is -0.315. The Hall–Kier alpha value is -2.29. The first-order valence-corrected chi connectivity index (χ1v) is 17.8. The van der Waals surface area contributed by atoms with E-state index < -0.39 is 29.1 Å². The monoisotopic (exact) mass is 644 g/mol. The molecule has 1 aliphatic heterocycles. The van der Waals surface area contributed by atoms with E-state index in [-0.39, 0.29) is 36.6 Å². The van der Waals surface area contributed by atoms with Crippen LogP contribution < -0.4 is 0 Å². The average Bonchev–Trinajstić information content (AvgIpc) is 3.04. The molecule has 0 amide bonds. The highest BCUT2D eigenvalue weighted by Gasteiger charge is 2.55. The molecule has 0 bridgehead atoms. The minimum Gasteiger partial charge on any atom is -0.465 e. The van der Waals surface area contributed by atoms with Gasteiger partial charge in [0.15, 0.2) is 6.10 Å². The summed E-state index contributed by atoms with van der Waals surface area (Å²) in [6, 6.07) is 10.1. The summed E-state index contributed by atoms with van der Waals surface area (Å²) < 4.78 is 11.8. The maximum absolute atomic E-state index is 13.9. The molecule has 0 N–H and O–H groups in total. The van der Waals surface area contributed by atoms with Gasteiger partial charge >= 0.3 is 11.9 Å². The molecule has 0 aliphatic carbocycles. The van der Waals surface area contributed by atoms with Crippen LogP contribution in [0.25, 0.3) is 0 Å². The largest absolute Gasteiger partial charge is 0.465 e. The highest BCUT2D eigenvalue weighted by Crippen LogP contribution is 2.45. The maximum atomic E-state index is 13.9. The number of ketones is 1. The topological polar surface area (TPSA) is 85.4 Å². The highest BCUT2D eigenvalue weighted by molar-refractivity contribution is 5.84. The SMILES string of the molecule is CCCCC(CC)COC(=O)C(CC(ON1C(C)(CC)CC(=O)C(C)C1(C)CC)C(=O)OCCN(C)C)CC(C)c1ccccc1. The van der Waals surface area contributed by atoms with Crippen molar-refractivity contribution in [3.05, 3.63) is 35.9 Å². The first-order chi connectivity index (χ1) is 21.8. The third-order valence-corrected chi connectivity index (χ3v) is 10.5. The molecular formula is C38H64N2O6. The molecule has 7 unspecified atom stereocenters. The van der Waals surface area contributed by atoms with E-state index in [1.165, 1.54) is 0 Å². The molecule has 1 heterocycles. The summed E-state index contributed by atoms with van der Waals surface area (Å²) in [5, 5.41) is 1.92. The number of likely N-dealkylation sites (N-methyl/N-ethyl adjacent to an activating group) is 1. The van der Waals surface area contributed by atoms with Crippen LogP contribution in [0.1, 0.15) is 125 Å². The molecule has 0 saturated carbocycles. The van der Waals surface area contributed by atoms with Gasteiger partial charge in [0.1, 0.15) is 12.4 Å². The Labute approximate surface area is 279 Å². The van der Waals surface area contributed by atoms with Crippen LogP contribution in [0, 0.1) is 17.8 Å². The summed E-state index contributed by atoms with van der Waals surface area (Å²) in [6.45, 7) is 17.7. The number of carbonyl (C=O) groups is 3. The number of esters is 2. The molecule has 7 atom stereocenters. The van der Waals surface area contributed by atoms with Crippen LogP contribution in [0.15, 0.2) is 30.3 Å². The number of hydrogen-bond acceptors (Lipinski definition) is 8. The fourth-order valence-corrected chi connectivity index (χ4v) is 6.54. The van der Waals surface area contributed by atoms with Crippen LogP contribution in [-0.2, 0) is 28.7 Å². The minimum absolute atomic E-state index is 0.0562. The predicted molar refractivity (Wildman–Crippen MR) is 184 cm³/mol. The first kappa shape index (κ1) is 39.9. The molecule has 0 spiro atoms. The number of carbonyl (C=O) groups excluding carboxylic acids is 3. The lowest BCUT2D eigenvalue weighted by atomic mass is 9.70. The van der Waals surface area contributed by atoms with Gasteiger partial charge in [-0.05, 0) is 77.4 Å². The zero-order chi connectivity index (χ0) is 34.5. The Morgan fingerprint density at radius 1 is 1.00 bits per heavy atom. The zero-order valence-corrected chi connectivity index (χ0v) is 30.6. The number of nitrogens with zero attached hydrogens (tertiary/aromatic N) is 2. The van der Waals surface area contributed by atoms with Gasteiger partial charge in [0.05, 0.1) is 23.6 Å². The van der Waals surface area contributed by atoms with Gasteiger partial charge in [-0.25, -0.2) is 4.79 Å². The molecule has 1 aromatic rings. The second kappa shape index (κ2) is 18.9. The van der Waals surface area contributed by atoms with Crippen LogP contribution >= 0.6 is 0 Å². The third-order valence-electron chi connectivity index (χ3n) is 10.5. The molecule has 262 valence electrons. The van der Waals surface area contributed by atoms with E-state index in [4.69, 9.17) is 14.3 Å². The predicted octanol–water partition coefficient (Wildman–Crippen LogP) is 7.60. The van der Waals surface area contributed by atoms with Crippen LogP contribution in [0.2, 0.25) is 0 Å². The molecule has 1 saturated heterocycles. The van der Waals surface area contributed by atoms with Crippen molar-refractivity contribution in [2.75, 3.05) is 33.9 Å². The van der Waals surface area contributed by atoms with Crippen molar-refractivity contribution in [3.63, 3.8) is 0 Å². The van der Waals surface area contributed by atoms with Crippen LogP contribution in [0.5, 0.6) is 0 Å². The van der Waals surface area contributed by atoms with Gasteiger partial charge in [0.2, 0.25) is 0 Å². The van der Waals surface area contributed by atoms with E-state index in [0.29, 0.717) is 44.8 Å². The van der Waals surface area contributed by atoms with E-state index in [1.54, 1.807) is 0 Å². The van der Waals surface area contributed by atoms with Gasteiger partial charge in [0, 0.05) is 18.9 Å². The fourth-order valence-electron chi connectivity index (χ4n) is 6.54. The summed E-state index contributed by atoms with van der Waals surface area (Å²) in [5.74, 6) is -1.10. The van der Waals surface area contributed by atoms with Crippen molar-refractivity contribution in [1.82, 2.24) is 9.96 Å². The Bertz CT molecular complexity index is 1080. The number of piperidine rings is 1. The quantitative estimate of drug-likeness (QED) is 0.134. The van der Waals surface area contributed by atoms with Crippen molar-refractivity contribution < 1.29 is 28.7 Å². The zero-order valence-electron chi connectivity index (χ0n) is 30.6.